The second kappa shape index (κ2) is 43.9. The van der Waals surface area contributed by atoms with Gasteiger partial charge in [-0.2, -0.15) is 0 Å². The predicted molar refractivity (Wildman–Crippen MR) is 28.2 cm³/mol. The average Bonchev–Trinajstić information content (AvgIpc) is 0. The third kappa shape index (κ3) is 36.1. The number of rotatable bonds is 0. The van der Waals surface area contributed by atoms with Gasteiger partial charge in [0.2, 0.25) is 0 Å². The zero-order valence-electron chi connectivity index (χ0n) is 6.00. The van der Waals surface area contributed by atoms with E-state index in [4.69, 9.17) is 0 Å². The molecule has 0 saturated heterocycles. The van der Waals surface area contributed by atoms with E-state index in [9.17, 15) is 0 Å². The van der Waals surface area contributed by atoms with Gasteiger partial charge in [-0.25, -0.2) is 0 Å². The van der Waals surface area contributed by atoms with Crippen molar-refractivity contribution in [3.05, 3.63) is 0 Å². The summed E-state index contributed by atoms with van der Waals surface area (Å²) in [6, 6.07) is 0. The first kappa shape index (κ1) is 52.7. The van der Waals surface area contributed by atoms with E-state index in [1.165, 1.54) is 0 Å². The monoisotopic (exact) mass is 440 g/mol. The van der Waals surface area contributed by atoms with E-state index >= 15 is 0 Å². The van der Waals surface area contributed by atoms with Gasteiger partial charge in [-0.05, 0) is 0 Å². The Labute approximate surface area is 281 Å². The summed E-state index contributed by atoms with van der Waals surface area (Å²) in [5.41, 5.74) is 0. The summed E-state index contributed by atoms with van der Waals surface area (Å²) in [5.74, 6) is 0. The Morgan fingerprint density at radius 3 is 0.375 bits per heavy atom. The maximum atomic E-state index is 0. The van der Waals surface area contributed by atoms with Crippen molar-refractivity contribution in [2.45, 2.75) is 0 Å². The first-order chi connectivity index (χ1) is 0. The summed E-state index contributed by atoms with van der Waals surface area (Å²) >= 11 is 0. The normalized spacial score (nSPS) is 0. The molecule has 0 N–H and O–H groups in total. The van der Waals surface area contributed by atoms with Crippen LogP contribution in [-0.2, 0) is 0 Å². The number of hydrogen-bond donors (Lipinski definition) is 0. The van der Waals surface area contributed by atoms with Crippen LogP contribution in [0.25, 0.3) is 0 Å². The predicted octanol–water partition coefficient (Wildman–Crippen LogP) is -22.0. The molecule has 0 aliphatic heterocycles. The van der Waals surface area contributed by atoms with Gasteiger partial charge in [-0.3, -0.25) is 0 Å². The molecule has 0 atom stereocenters. The standard InChI is InChI=1S/3K.3Na.2Sb.12H/q6*+1;2*-3;;;;;;;;;;;;. The van der Waals surface area contributed by atoms with E-state index in [1.54, 1.807) is 0 Å². The van der Waals surface area contributed by atoms with Gasteiger partial charge in [0.1, 0.15) is 0 Å². The molecule has 0 nitrogen and oxygen atoms in total. The molecule has 0 saturated carbocycles. The van der Waals surface area contributed by atoms with E-state index in [2.05, 4.69) is 0 Å². The zero-order chi connectivity index (χ0) is 0. The minimum absolute atomic E-state index is 0. The summed E-state index contributed by atoms with van der Waals surface area (Å²) in [4.78, 5) is 0. The molecular weight excluding hydrogens is 430 g/mol. The second-order valence-electron chi connectivity index (χ2n) is 0. The fraction of sp³-hybridized carbons (Fsp3) is 0. The number of hydrogen-bond acceptors (Lipinski definition) is 0. The Hall–Kier alpha value is 9.55. The Morgan fingerprint density at radius 1 is 0.375 bits per heavy atom. The fourth-order valence-electron chi connectivity index (χ4n) is 0. The van der Waals surface area contributed by atoms with Gasteiger partial charge in [-0.1, -0.05) is 0 Å². The quantitative estimate of drug-likeness (QED) is 0.328. The Morgan fingerprint density at radius 2 is 0.375 bits per heavy atom. The molecule has 0 aliphatic rings. The molecule has 0 amide bonds. The van der Waals surface area contributed by atoms with Crippen LogP contribution < -0.4 is 243 Å². The summed E-state index contributed by atoms with van der Waals surface area (Å²) < 4.78 is 0. The van der Waals surface area contributed by atoms with Gasteiger partial charge in [0.25, 0.3) is 0 Å². The Kier molecular flexibility index (Phi) is 289. The average molecular weight is 442 g/mol. The Bertz CT molecular complexity index is 12.5. The van der Waals surface area contributed by atoms with Gasteiger partial charge in [0.05, 0.1) is 0 Å². The van der Waals surface area contributed by atoms with Crippen molar-refractivity contribution >= 4 is 48.9 Å². The molecule has 0 heterocycles. The van der Waals surface area contributed by atoms with E-state index in [0.29, 0.717) is 0 Å². The van der Waals surface area contributed by atoms with Crippen molar-refractivity contribution in [3.63, 3.8) is 0 Å². The van der Waals surface area contributed by atoms with Crippen LogP contribution in [0, 0.1) is 0 Å². The first-order valence-corrected chi connectivity index (χ1v) is 0. The van der Waals surface area contributed by atoms with Gasteiger partial charge in [0.15, 0.2) is 0 Å². The summed E-state index contributed by atoms with van der Waals surface area (Å²) in [6.07, 6.45) is 0. The summed E-state index contributed by atoms with van der Waals surface area (Å²) in [6.45, 7) is 0. The van der Waals surface area contributed by atoms with Crippen LogP contribution in [-0.4, -0.2) is 48.9 Å². The van der Waals surface area contributed by atoms with Gasteiger partial charge in [-0.15, -0.1) is 0 Å². The molecular formula is H12K3Na3Sb2. The molecule has 0 aliphatic carbocycles. The van der Waals surface area contributed by atoms with Crippen LogP contribution in [0.5, 0.6) is 0 Å². The van der Waals surface area contributed by atoms with E-state index in [-0.39, 0.29) is 292 Å². The fourth-order valence-corrected chi connectivity index (χ4v) is 0. The minimum atomic E-state index is 0. The van der Waals surface area contributed by atoms with Gasteiger partial charge >= 0.3 is 292 Å². The Balaban J connectivity index is 0. The van der Waals surface area contributed by atoms with Crippen LogP contribution in [0.1, 0.15) is 0 Å². The molecule has 28 valence electrons. The van der Waals surface area contributed by atoms with Crippen LogP contribution >= 0.6 is 0 Å². The SMILES string of the molecule is [K+].[K+].[K+].[Na+].[Na+].[Na+].[SbH6-3].[SbH6-3]. The molecule has 0 radical (unpaired) electrons. The van der Waals surface area contributed by atoms with Gasteiger partial charge < -0.3 is 0 Å². The molecule has 0 fully saturated rings. The zero-order valence-corrected chi connectivity index (χ0v) is 21.4. The van der Waals surface area contributed by atoms with Crippen LogP contribution in [0.3, 0.4) is 0 Å². The van der Waals surface area contributed by atoms with E-state index in [0.717, 1.165) is 0 Å². The summed E-state index contributed by atoms with van der Waals surface area (Å²) in [5, 5.41) is 0. The molecule has 0 rings (SSSR count). The molecule has 0 aromatic carbocycles. The third-order valence-electron chi connectivity index (χ3n) is 0. The maximum absolute atomic E-state index is 0. The van der Waals surface area contributed by atoms with Crippen LogP contribution in [0.15, 0.2) is 0 Å². The van der Waals surface area contributed by atoms with Crippen molar-refractivity contribution in [2.24, 2.45) is 0 Å². The summed E-state index contributed by atoms with van der Waals surface area (Å²) in [7, 11) is 0. The third-order valence-corrected chi connectivity index (χ3v) is 0. The topological polar surface area (TPSA) is 0 Å². The van der Waals surface area contributed by atoms with Crippen molar-refractivity contribution in [1.82, 2.24) is 0 Å². The second-order valence-corrected chi connectivity index (χ2v) is 0. The van der Waals surface area contributed by atoms with E-state index in [1.807, 2.05) is 0 Å². The first-order valence-electron chi connectivity index (χ1n) is 0. The molecule has 0 unspecified atom stereocenters. The van der Waals surface area contributed by atoms with E-state index < -0.39 is 0 Å². The molecule has 0 bridgehead atoms. The van der Waals surface area contributed by atoms with Gasteiger partial charge in [0, 0.05) is 0 Å². The molecule has 0 spiro atoms. The molecule has 0 aromatic rings. The van der Waals surface area contributed by atoms with Crippen molar-refractivity contribution < 1.29 is 243 Å². The van der Waals surface area contributed by atoms with Crippen molar-refractivity contribution in [3.8, 4) is 0 Å². The van der Waals surface area contributed by atoms with Crippen LogP contribution in [0.2, 0.25) is 0 Å². The van der Waals surface area contributed by atoms with Crippen molar-refractivity contribution in [2.75, 3.05) is 0 Å². The molecule has 8 heavy (non-hydrogen) atoms. The van der Waals surface area contributed by atoms with Crippen molar-refractivity contribution in [1.29, 1.82) is 0 Å². The molecule has 8 heteroatoms. The van der Waals surface area contributed by atoms with Crippen LogP contribution in [0.4, 0.5) is 0 Å². The molecule has 0 aromatic heterocycles.